The van der Waals surface area contributed by atoms with Gasteiger partial charge in [0.25, 0.3) is 0 Å². The highest BCUT2D eigenvalue weighted by Crippen LogP contribution is 2.37. The number of Topliss-reactive ketones (excluding diaryl/α,β-unsaturated/α-hetero) is 1. The summed E-state index contributed by atoms with van der Waals surface area (Å²) < 4.78 is 5.98. The van der Waals surface area contributed by atoms with E-state index in [0.717, 1.165) is 21.5 Å². The number of hydrogen-bond donors (Lipinski definition) is 1. The molecule has 0 saturated heterocycles. The highest BCUT2D eigenvalue weighted by atomic mass is 16.7. The zero-order valence-electron chi connectivity index (χ0n) is 14.5. The Morgan fingerprint density at radius 3 is 2.77 bits per heavy atom. The fraction of sp³-hybridized carbons (Fsp3) is 0.238. The fourth-order valence-electron chi connectivity index (χ4n) is 3.50. The Labute approximate surface area is 150 Å². The molecule has 3 aromatic carbocycles. The third-order valence-electron chi connectivity index (χ3n) is 4.77. The number of rotatable bonds is 3. The maximum Gasteiger partial charge on any atom is 0.321 e. The first kappa shape index (κ1) is 16.5. The lowest BCUT2D eigenvalue weighted by molar-refractivity contribution is -0.148. The van der Waals surface area contributed by atoms with E-state index < -0.39 is 5.97 Å². The molecule has 26 heavy (non-hydrogen) atoms. The van der Waals surface area contributed by atoms with Crippen LogP contribution >= 0.6 is 0 Å². The Morgan fingerprint density at radius 1 is 1.12 bits per heavy atom. The second kappa shape index (κ2) is 6.77. The molecule has 1 atom stereocenters. The van der Waals surface area contributed by atoms with Crippen molar-refractivity contribution in [1.29, 1.82) is 0 Å². The van der Waals surface area contributed by atoms with Gasteiger partial charge in [0, 0.05) is 24.8 Å². The number of carbonyl (C=O) groups excluding carboxylic acids is 2. The largest absolute Gasteiger partial charge is 0.492 e. The maximum absolute atomic E-state index is 13.0. The molecule has 4 rings (SSSR count). The van der Waals surface area contributed by atoms with E-state index in [9.17, 15) is 9.59 Å². The van der Waals surface area contributed by atoms with Crippen molar-refractivity contribution >= 4 is 33.3 Å². The third-order valence-corrected chi connectivity index (χ3v) is 4.77. The quantitative estimate of drug-likeness (QED) is 0.578. The van der Waals surface area contributed by atoms with E-state index in [1.54, 1.807) is 0 Å². The molecule has 0 amide bonds. The molecule has 3 aromatic rings. The van der Waals surface area contributed by atoms with E-state index in [1.807, 2.05) is 30.3 Å². The number of fused-ring (bicyclic) bond motifs is 5. The van der Waals surface area contributed by atoms with Crippen LogP contribution in [0.3, 0.4) is 0 Å². The van der Waals surface area contributed by atoms with Gasteiger partial charge in [-0.05, 0) is 34.7 Å². The lowest BCUT2D eigenvalue weighted by Gasteiger charge is -2.13. The molecule has 1 heterocycles. The molecule has 132 valence electrons. The summed E-state index contributed by atoms with van der Waals surface area (Å²) in [4.78, 5) is 28.6. The monoisotopic (exact) mass is 349 g/mol. The van der Waals surface area contributed by atoms with Gasteiger partial charge in [0.05, 0.1) is 12.2 Å². The summed E-state index contributed by atoms with van der Waals surface area (Å²) in [6, 6.07) is 16.1. The Bertz CT molecular complexity index is 1010. The van der Waals surface area contributed by atoms with Gasteiger partial charge in [0.15, 0.2) is 5.78 Å². The minimum atomic E-state index is -0.430. The van der Waals surface area contributed by atoms with Crippen LogP contribution in [-0.4, -0.2) is 24.9 Å². The minimum absolute atomic E-state index is 0.00668. The molecule has 1 N–H and O–H groups in total. The average molecular weight is 349 g/mol. The molecule has 0 radical (unpaired) electrons. The van der Waals surface area contributed by atoms with E-state index in [0.29, 0.717) is 24.3 Å². The van der Waals surface area contributed by atoms with E-state index in [2.05, 4.69) is 23.7 Å². The molecular weight excluding hydrogens is 330 g/mol. The highest BCUT2D eigenvalue weighted by molar-refractivity contribution is 6.13. The molecule has 0 aliphatic carbocycles. The smallest absolute Gasteiger partial charge is 0.321 e. The standard InChI is InChI=1S/C21H19NO4/c1-13(23)26-22-12-15-10-11-25-21-18-7-6-14-4-2-3-5-16(14)17(18)8-9-19(21)20(15)24/h2-9,15,22H,10-12H2,1H3. The van der Waals surface area contributed by atoms with Crippen molar-refractivity contribution in [2.45, 2.75) is 13.3 Å². The SMILES string of the molecule is CC(=O)ONCC1CCOc2c(ccc3c2ccc2ccccc23)C1=O. The van der Waals surface area contributed by atoms with E-state index >= 15 is 0 Å². The topological polar surface area (TPSA) is 64.6 Å². The Hall–Kier alpha value is -2.92. The van der Waals surface area contributed by atoms with E-state index in [1.165, 1.54) is 6.92 Å². The maximum atomic E-state index is 13.0. The van der Waals surface area contributed by atoms with Gasteiger partial charge in [-0.2, -0.15) is 5.48 Å². The Balaban J connectivity index is 1.74. The molecule has 1 unspecified atom stereocenters. The molecule has 1 aliphatic rings. The number of ketones is 1. The van der Waals surface area contributed by atoms with Crippen LogP contribution in [0.2, 0.25) is 0 Å². The summed E-state index contributed by atoms with van der Waals surface area (Å²) in [7, 11) is 0. The fourth-order valence-corrected chi connectivity index (χ4v) is 3.50. The van der Waals surface area contributed by atoms with Crippen molar-refractivity contribution in [3.8, 4) is 5.75 Å². The van der Waals surface area contributed by atoms with Crippen LogP contribution in [0.4, 0.5) is 0 Å². The molecule has 0 spiro atoms. The van der Waals surface area contributed by atoms with Crippen LogP contribution in [-0.2, 0) is 9.63 Å². The third kappa shape index (κ3) is 2.91. The zero-order chi connectivity index (χ0) is 18.1. The molecule has 5 nitrogen and oxygen atoms in total. The van der Waals surface area contributed by atoms with Gasteiger partial charge >= 0.3 is 5.97 Å². The Kier molecular flexibility index (Phi) is 4.31. The summed E-state index contributed by atoms with van der Waals surface area (Å²) in [5.74, 6) is -0.0745. The van der Waals surface area contributed by atoms with Crippen molar-refractivity contribution in [2.75, 3.05) is 13.2 Å². The number of carbonyl (C=O) groups is 2. The van der Waals surface area contributed by atoms with Gasteiger partial charge in [-0.15, -0.1) is 0 Å². The predicted molar refractivity (Wildman–Crippen MR) is 99.2 cm³/mol. The van der Waals surface area contributed by atoms with Crippen LogP contribution in [0.15, 0.2) is 48.5 Å². The van der Waals surface area contributed by atoms with Gasteiger partial charge in [-0.25, -0.2) is 0 Å². The van der Waals surface area contributed by atoms with Gasteiger partial charge < -0.3 is 9.57 Å². The Morgan fingerprint density at radius 2 is 1.92 bits per heavy atom. The first-order valence-corrected chi connectivity index (χ1v) is 8.67. The van der Waals surface area contributed by atoms with Crippen molar-refractivity contribution < 1.29 is 19.2 Å². The molecule has 1 aliphatic heterocycles. The molecule has 0 aromatic heterocycles. The van der Waals surface area contributed by atoms with Gasteiger partial charge in [-0.1, -0.05) is 36.4 Å². The van der Waals surface area contributed by atoms with Gasteiger partial charge in [0.1, 0.15) is 5.75 Å². The van der Waals surface area contributed by atoms with E-state index in [-0.39, 0.29) is 18.2 Å². The number of nitrogens with one attached hydrogen (secondary N) is 1. The molecule has 5 heteroatoms. The first-order chi connectivity index (χ1) is 12.6. The summed E-state index contributed by atoms with van der Waals surface area (Å²) >= 11 is 0. The van der Waals surface area contributed by atoms with Crippen molar-refractivity contribution in [1.82, 2.24) is 5.48 Å². The molecule has 0 saturated carbocycles. The summed E-state index contributed by atoms with van der Waals surface area (Å²) in [6.07, 6.45) is 0.566. The van der Waals surface area contributed by atoms with Crippen molar-refractivity contribution in [3.63, 3.8) is 0 Å². The number of ether oxygens (including phenoxy) is 1. The van der Waals surface area contributed by atoms with Gasteiger partial charge in [0.2, 0.25) is 0 Å². The van der Waals surface area contributed by atoms with Crippen LogP contribution in [0.5, 0.6) is 5.75 Å². The van der Waals surface area contributed by atoms with Crippen LogP contribution < -0.4 is 10.2 Å². The second-order valence-corrected chi connectivity index (χ2v) is 6.46. The minimum Gasteiger partial charge on any atom is -0.492 e. The number of hydroxylamine groups is 1. The van der Waals surface area contributed by atoms with Crippen LogP contribution in [0.25, 0.3) is 21.5 Å². The number of benzene rings is 3. The molecule has 0 bridgehead atoms. The van der Waals surface area contributed by atoms with E-state index in [4.69, 9.17) is 9.57 Å². The predicted octanol–water partition coefficient (Wildman–Crippen LogP) is 3.64. The van der Waals surface area contributed by atoms with Crippen molar-refractivity contribution in [3.05, 3.63) is 54.1 Å². The zero-order valence-corrected chi connectivity index (χ0v) is 14.5. The molecular formula is C21H19NO4. The van der Waals surface area contributed by atoms with Crippen molar-refractivity contribution in [2.24, 2.45) is 5.92 Å². The summed E-state index contributed by atoms with van der Waals surface area (Å²) in [5.41, 5.74) is 3.16. The van der Waals surface area contributed by atoms with Crippen LogP contribution in [0, 0.1) is 5.92 Å². The van der Waals surface area contributed by atoms with Gasteiger partial charge in [-0.3, -0.25) is 9.59 Å². The summed E-state index contributed by atoms with van der Waals surface area (Å²) in [6.45, 7) is 2.03. The van der Waals surface area contributed by atoms with Crippen LogP contribution in [0.1, 0.15) is 23.7 Å². The lowest BCUT2D eigenvalue weighted by Crippen LogP contribution is -2.30. The second-order valence-electron chi connectivity index (χ2n) is 6.46. The lowest BCUT2D eigenvalue weighted by atomic mass is 9.92. The highest BCUT2D eigenvalue weighted by Gasteiger charge is 2.28. The molecule has 0 fully saturated rings. The number of hydrogen-bond acceptors (Lipinski definition) is 5. The summed E-state index contributed by atoms with van der Waals surface area (Å²) in [5, 5.41) is 4.32. The normalized spacial score (nSPS) is 16.8. The average Bonchev–Trinajstić information content (AvgIpc) is 2.80. The first-order valence-electron chi connectivity index (χ1n) is 8.67.